The number of fused-ring (bicyclic) bond motifs is 1. The molecule has 0 aromatic carbocycles. The van der Waals surface area contributed by atoms with Gasteiger partial charge in [-0.3, -0.25) is 4.79 Å². The predicted octanol–water partition coefficient (Wildman–Crippen LogP) is 2.08. The molecule has 5 heteroatoms. The Kier molecular flexibility index (Phi) is 3.93. The van der Waals surface area contributed by atoms with Crippen LogP contribution in [0.5, 0.6) is 0 Å². The fourth-order valence-electron chi connectivity index (χ4n) is 4.46. The lowest BCUT2D eigenvalue weighted by Crippen LogP contribution is -2.34. The van der Waals surface area contributed by atoms with E-state index in [4.69, 9.17) is 9.15 Å². The van der Waals surface area contributed by atoms with Gasteiger partial charge in [-0.1, -0.05) is 0 Å². The van der Waals surface area contributed by atoms with Gasteiger partial charge in [-0.25, -0.2) is 0 Å². The summed E-state index contributed by atoms with van der Waals surface area (Å²) in [4.78, 5) is 17.3. The highest BCUT2D eigenvalue weighted by atomic mass is 16.5. The van der Waals surface area contributed by atoms with Crippen molar-refractivity contribution in [2.24, 2.45) is 11.8 Å². The fourth-order valence-corrected chi connectivity index (χ4v) is 4.46. The van der Waals surface area contributed by atoms with E-state index in [1.54, 1.807) is 0 Å². The third-order valence-corrected chi connectivity index (χ3v) is 5.69. The SMILES string of the molecule is Cc1cc(C(=O)N2C[C@H]3[C@@H](CN4CCCC4)CO[C@H]3C2)c(C)o1. The average Bonchev–Trinajstić information content (AvgIpc) is 3.25. The molecule has 3 aliphatic rings. The smallest absolute Gasteiger partial charge is 0.257 e. The van der Waals surface area contributed by atoms with E-state index >= 15 is 0 Å². The van der Waals surface area contributed by atoms with Crippen molar-refractivity contribution >= 4 is 5.91 Å². The normalized spacial score (nSPS) is 31.0. The lowest BCUT2D eigenvalue weighted by molar-refractivity contribution is 0.0667. The molecule has 0 unspecified atom stereocenters. The number of ether oxygens (including phenoxy) is 1. The van der Waals surface area contributed by atoms with Crippen LogP contribution < -0.4 is 0 Å². The molecule has 1 aromatic rings. The van der Waals surface area contributed by atoms with Crippen LogP contribution in [-0.4, -0.2) is 61.1 Å². The molecule has 0 N–H and O–H groups in total. The Morgan fingerprint density at radius 2 is 2.04 bits per heavy atom. The zero-order chi connectivity index (χ0) is 16.0. The summed E-state index contributed by atoms with van der Waals surface area (Å²) in [5, 5.41) is 0. The van der Waals surface area contributed by atoms with Crippen molar-refractivity contribution < 1.29 is 13.9 Å². The van der Waals surface area contributed by atoms with Gasteiger partial charge in [-0.05, 0) is 45.8 Å². The molecule has 4 heterocycles. The Morgan fingerprint density at radius 1 is 1.26 bits per heavy atom. The second-order valence-corrected chi connectivity index (χ2v) is 7.34. The van der Waals surface area contributed by atoms with Gasteiger partial charge in [0.15, 0.2) is 0 Å². The van der Waals surface area contributed by atoms with Gasteiger partial charge in [-0.15, -0.1) is 0 Å². The van der Waals surface area contributed by atoms with E-state index in [1.165, 1.54) is 25.9 Å². The van der Waals surface area contributed by atoms with E-state index in [0.717, 1.165) is 37.8 Å². The summed E-state index contributed by atoms with van der Waals surface area (Å²) in [6.07, 6.45) is 2.87. The number of carbonyl (C=O) groups is 1. The molecule has 0 bridgehead atoms. The van der Waals surface area contributed by atoms with Crippen LogP contribution in [0.2, 0.25) is 0 Å². The van der Waals surface area contributed by atoms with Crippen LogP contribution in [0.1, 0.15) is 34.7 Å². The van der Waals surface area contributed by atoms with E-state index < -0.39 is 0 Å². The molecule has 4 rings (SSSR count). The van der Waals surface area contributed by atoms with Gasteiger partial charge in [0.05, 0.1) is 18.3 Å². The second kappa shape index (κ2) is 5.95. The first-order valence-electron chi connectivity index (χ1n) is 8.82. The molecule has 3 aliphatic heterocycles. The minimum absolute atomic E-state index is 0.0947. The molecule has 1 aromatic heterocycles. The maximum absolute atomic E-state index is 12.8. The number of rotatable bonds is 3. The molecule has 126 valence electrons. The maximum atomic E-state index is 12.8. The number of aryl methyl sites for hydroxylation is 2. The number of hydrogen-bond acceptors (Lipinski definition) is 4. The van der Waals surface area contributed by atoms with Gasteiger partial charge < -0.3 is 19.0 Å². The third-order valence-electron chi connectivity index (χ3n) is 5.69. The molecule has 1 amide bonds. The molecule has 3 saturated heterocycles. The summed E-state index contributed by atoms with van der Waals surface area (Å²) in [6, 6.07) is 1.86. The van der Waals surface area contributed by atoms with Crippen molar-refractivity contribution in [1.29, 1.82) is 0 Å². The topological polar surface area (TPSA) is 45.9 Å². The van der Waals surface area contributed by atoms with Crippen molar-refractivity contribution in [3.63, 3.8) is 0 Å². The van der Waals surface area contributed by atoms with Crippen LogP contribution in [0.4, 0.5) is 0 Å². The van der Waals surface area contributed by atoms with Gasteiger partial charge >= 0.3 is 0 Å². The third kappa shape index (κ3) is 2.81. The Bertz CT molecular complexity index is 591. The average molecular weight is 318 g/mol. The van der Waals surface area contributed by atoms with Crippen molar-refractivity contribution in [3.05, 3.63) is 23.2 Å². The van der Waals surface area contributed by atoms with E-state index in [2.05, 4.69) is 4.90 Å². The van der Waals surface area contributed by atoms with Crippen LogP contribution in [0.25, 0.3) is 0 Å². The Hall–Kier alpha value is -1.33. The molecule has 5 nitrogen and oxygen atoms in total. The fraction of sp³-hybridized carbons (Fsp3) is 0.722. The minimum Gasteiger partial charge on any atom is -0.466 e. The molecule has 0 radical (unpaired) electrons. The Labute approximate surface area is 137 Å². The molecule has 23 heavy (non-hydrogen) atoms. The number of hydrogen-bond donors (Lipinski definition) is 0. The minimum atomic E-state index is 0.0947. The first-order chi connectivity index (χ1) is 11.1. The lowest BCUT2D eigenvalue weighted by Gasteiger charge is -2.24. The maximum Gasteiger partial charge on any atom is 0.257 e. The van der Waals surface area contributed by atoms with Crippen LogP contribution in [-0.2, 0) is 4.74 Å². The monoisotopic (exact) mass is 318 g/mol. The first-order valence-corrected chi connectivity index (χ1v) is 8.82. The zero-order valence-electron chi connectivity index (χ0n) is 14.1. The summed E-state index contributed by atoms with van der Waals surface area (Å²) in [5.41, 5.74) is 0.707. The van der Waals surface area contributed by atoms with E-state index in [9.17, 15) is 4.79 Å². The number of nitrogens with zero attached hydrogens (tertiary/aromatic N) is 2. The van der Waals surface area contributed by atoms with Gasteiger partial charge in [0.1, 0.15) is 11.5 Å². The quantitative estimate of drug-likeness (QED) is 0.856. The largest absolute Gasteiger partial charge is 0.466 e. The first kappa shape index (κ1) is 15.2. The van der Waals surface area contributed by atoms with Crippen LogP contribution in [0, 0.1) is 25.7 Å². The van der Waals surface area contributed by atoms with Crippen molar-refractivity contribution in [2.75, 3.05) is 39.3 Å². The van der Waals surface area contributed by atoms with Crippen molar-refractivity contribution in [2.45, 2.75) is 32.8 Å². The van der Waals surface area contributed by atoms with Crippen LogP contribution in [0.3, 0.4) is 0 Å². The van der Waals surface area contributed by atoms with Gasteiger partial charge in [0.2, 0.25) is 0 Å². The standard InChI is InChI=1S/C18H26N2O3/c1-12-7-15(13(2)23-12)18(21)20-9-16-14(11-22-17(16)10-20)8-19-5-3-4-6-19/h7,14,16-17H,3-6,8-11H2,1-2H3/t14-,16-,17-/m0/s1. The highest BCUT2D eigenvalue weighted by Crippen LogP contribution is 2.35. The van der Waals surface area contributed by atoms with Gasteiger partial charge in [0.25, 0.3) is 5.91 Å². The zero-order valence-corrected chi connectivity index (χ0v) is 14.1. The number of furan rings is 1. The van der Waals surface area contributed by atoms with Crippen LogP contribution >= 0.6 is 0 Å². The molecule has 0 aliphatic carbocycles. The Morgan fingerprint density at radius 3 is 2.74 bits per heavy atom. The van der Waals surface area contributed by atoms with E-state index in [-0.39, 0.29) is 12.0 Å². The molecular formula is C18H26N2O3. The van der Waals surface area contributed by atoms with Crippen molar-refractivity contribution in [3.8, 4) is 0 Å². The highest BCUT2D eigenvalue weighted by molar-refractivity contribution is 5.95. The number of carbonyl (C=O) groups excluding carboxylic acids is 1. The van der Waals surface area contributed by atoms with E-state index in [1.807, 2.05) is 24.8 Å². The molecular weight excluding hydrogens is 292 g/mol. The number of likely N-dealkylation sites (tertiary alicyclic amines) is 2. The number of amides is 1. The summed E-state index contributed by atoms with van der Waals surface area (Å²) in [5.74, 6) is 2.68. The molecule has 0 spiro atoms. The van der Waals surface area contributed by atoms with Crippen molar-refractivity contribution in [1.82, 2.24) is 9.80 Å². The molecule has 0 saturated carbocycles. The summed E-state index contributed by atoms with van der Waals surface area (Å²) < 4.78 is 11.5. The second-order valence-electron chi connectivity index (χ2n) is 7.34. The predicted molar refractivity (Wildman–Crippen MR) is 86.5 cm³/mol. The molecule has 3 fully saturated rings. The lowest BCUT2D eigenvalue weighted by atomic mass is 9.93. The highest BCUT2D eigenvalue weighted by Gasteiger charge is 2.46. The van der Waals surface area contributed by atoms with Crippen LogP contribution in [0.15, 0.2) is 10.5 Å². The van der Waals surface area contributed by atoms with Gasteiger partial charge in [-0.2, -0.15) is 0 Å². The van der Waals surface area contributed by atoms with E-state index in [0.29, 0.717) is 17.4 Å². The van der Waals surface area contributed by atoms with Gasteiger partial charge in [0, 0.05) is 31.5 Å². The molecule has 3 atom stereocenters. The Balaban J connectivity index is 1.42. The summed E-state index contributed by atoms with van der Waals surface area (Å²) >= 11 is 0. The summed E-state index contributed by atoms with van der Waals surface area (Å²) in [7, 11) is 0. The summed E-state index contributed by atoms with van der Waals surface area (Å²) in [6.45, 7) is 9.75.